The third-order valence-corrected chi connectivity index (χ3v) is 3.95. The molecule has 154 valence electrons. The van der Waals surface area contributed by atoms with Gasteiger partial charge in [-0.2, -0.15) is 5.10 Å². The molecule has 6 N–H and O–H groups in total. The van der Waals surface area contributed by atoms with E-state index < -0.39 is 0 Å². The highest BCUT2D eigenvalue weighted by Crippen LogP contribution is 2.17. The number of rotatable bonds is 8. The van der Waals surface area contributed by atoms with Gasteiger partial charge in [-0.05, 0) is 61.2 Å². The molecule has 29 heavy (non-hydrogen) atoms. The van der Waals surface area contributed by atoms with Crippen LogP contribution in [0.1, 0.15) is 32.8 Å². The Bertz CT molecular complexity index is 854. The number of guanidine groups is 1. The van der Waals surface area contributed by atoms with Crippen LogP contribution in [0.15, 0.2) is 58.7 Å². The van der Waals surface area contributed by atoms with Crippen LogP contribution in [0.3, 0.4) is 0 Å². The fraction of sp³-hybridized carbons (Fsp3) is 0.286. The maximum atomic E-state index is 12.2. The van der Waals surface area contributed by atoms with Crippen LogP contribution in [0.2, 0.25) is 0 Å². The minimum Gasteiger partial charge on any atom is -0.494 e. The van der Waals surface area contributed by atoms with E-state index in [9.17, 15) is 4.79 Å². The summed E-state index contributed by atoms with van der Waals surface area (Å²) >= 11 is 0. The Hall–Kier alpha value is -3.55. The second kappa shape index (κ2) is 10.7. The highest BCUT2D eigenvalue weighted by molar-refractivity contribution is 6.01. The molecule has 2 aromatic rings. The van der Waals surface area contributed by atoms with Crippen molar-refractivity contribution in [2.75, 3.05) is 17.2 Å². The number of hydrogen-bond acceptors (Lipinski definition) is 4. The fourth-order valence-corrected chi connectivity index (χ4v) is 2.33. The van der Waals surface area contributed by atoms with Crippen molar-refractivity contribution >= 4 is 29.1 Å². The first kappa shape index (κ1) is 21.7. The van der Waals surface area contributed by atoms with Crippen molar-refractivity contribution in [2.24, 2.45) is 27.6 Å². The molecule has 0 heterocycles. The normalized spacial score (nSPS) is 11.1. The van der Waals surface area contributed by atoms with Gasteiger partial charge in [0.05, 0.1) is 12.3 Å². The molecule has 0 bridgehead atoms. The topological polar surface area (TPSA) is 127 Å². The molecular formula is C21H28N6O2. The minimum atomic E-state index is -0.336. The molecule has 0 saturated heterocycles. The largest absolute Gasteiger partial charge is 0.494 e. The first-order valence-electron chi connectivity index (χ1n) is 9.38. The van der Waals surface area contributed by atoms with Gasteiger partial charge in [-0.15, -0.1) is 5.10 Å². The first-order valence-corrected chi connectivity index (χ1v) is 9.38. The summed E-state index contributed by atoms with van der Waals surface area (Å²) in [6.45, 7) is 6.78. The van der Waals surface area contributed by atoms with E-state index >= 15 is 0 Å². The van der Waals surface area contributed by atoms with Crippen molar-refractivity contribution in [3.05, 3.63) is 54.1 Å². The van der Waals surface area contributed by atoms with Crippen molar-refractivity contribution in [1.82, 2.24) is 0 Å². The highest BCUT2D eigenvalue weighted by atomic mass is 16.5. The van der Waals surface area contributed by atoms with Crippen LogP contribution < -0.4 is 26.8 Å². The van der Waals surface area contributed by atoms with E-state index in [1.165, 1.54) is 0 Å². The summed E-state index contributed by atoms with van der Waals surface area (Å²) in [5, 5.41) is 13.1. The van der Waals surface area contributed by atoms with Gasteiger partial charge in [0.25, 0.3) is 0 Å². The summed E-state index contributed by atoms with van der Waals surface area (Å²) in [7, 11) is 0. The summed E-state index contributed by atoms with van der Waals surface area (Å²) < 4.78 is 5.67. The zero-order chi connectivity index (χ0) is 21.2. The van der Waals surface area contributed by atoms with Crippen LogP contribution in [-0.4, -0.2) is 24.3 Å². The van der Waals surface area contributed by atoms with E-state index in [0.717, 1.165) is 17.7 Å². The van der Waals surface area contributed by atoms with Crippen LogP contribution in [0.5, 0.6) is 5.75 Å². The predicted octanol–water partition coefficient (Wildman–Crippen LogP) is 3.75. The Morgan fingerprint density at radius 2 is 1.52 bits per heavy atom. The van der Waals surface area contributed by atoms with Gasteiger partial charge in [-0.3, -0.25) is 0 Å². The van der Waals surface area contributed by atoms with Gasteiger partial charge in [0.2, 0.25) is 5.96 Å². The molecule has 0 spiro atoms. The number of amides is 2. The minimum absolute atomic E-state index is 0.102. The Balaban J connectivity index is 1.87. The maximum Gasteiger partial charge on any atom is 0.323 e. The van der Waals surface area contributed by atoms with Gasteiger partial charge < -0.3 is 26.8 Å². The average molecular weight is 396 g/mol. The Kier molecular flexibility index (Phi) is 8.02. The molecule has 8 heteroatoms. The van der Waals surface area contributed by atoms with Crippen molar-refractivity contribution in [1.29, 1.82) is 0 Å². The van der Waals surface area contributed by atoms with Crippen molar-refractivity contribution < 1.29 is 9.53 Å². The SMILES string of the molecule is C/C(=N\N=C(N)N)c1ccc(NC(=O)Nc2ccc(OCCC(C)C)cc2)cc1. The summed E-state index contributed by atoms with van der Waals surface area (Å²) in [6.07, 6.45) is 1.00. The summed E-state index contributed by atoms with van der Waals surface area (Å²) in [6, 6.07) is 14.1. The van der Waals surface area contributed by atoms with E-state index in [2.05, 4.69) is 34.7 Å². The zero-order valence-electron chi connectivity index (χ0n) is 17.0. The Morgan fingerprint density at radius 1 is 0.966 bits per heavy atom. The first-order chi connectivity index (χ1) is 13.8. The summed E-state index contributed by atoms with van der Waals surface area (Å²) in [5.74, 6) is 1.28. The number of ether oxygens (including phenoxy) is 1. The molecule has 0 saturated carbocycles. The second-order valence-electron chi connectivity index (χ2n) is 6.92. The fourth-order valence-electron chi connectivity index (χ4n) is 2.33. The van der Waals surface area contributed by atoms with Crippen LogP contribution in [0.4, 0.5) is 16.2 Å². The van der Waals surface area contributed by atoms with Gasteiger partial charge in [0, 0.05) is 11.4 Å². The molecule has 0 radical (unpaired) electrons. The van der Waals surface area contributed by atoms with Crippen LogP contribution >= 0.6 is 0 Å². The lowest BCUT2D eigenvalue weighted by molar-refractivity contribution is 0.262. The lowest BCUT2D eigenvalue weighted by Crippen LogP contribution is -2.22. The number of carbonyl (C=O) groups excluding carboxylic acids is 1. The molecule has 2 rings (SSSR count). The molecule has 2 amide bonds. The zero-order valence-corrected chi connectivity index (χ0v) is 17.0. The van der Waals surface area contributed by atoms with E-state index in [1.807, 2.05) is 24.3 Å². The molecule has 0 aliphatic carbocycles. The molecule has 0 atom stereocenters. The van der Waals surface area contributed by atoms with Crippen molar-refractivity contribution in [3.63, 3.8) is 0 Å². The number of hydrogen-bond donors (Lipinski definition) is 4. The van der Waals surface area contributed by atoms with Gasteiger partial charge in [0.15, 0.2) is 0 Å². The third kappa shape index (κ3) is 7.92. The molecule has 0 aliphatic heterocycles. The second-order valence-corrected chi connectivity index (χ2v) is 6.92. The Labute approximate surface area is 171 Å². The predicted molar refractivity (Wildman–Crippen MR) is 118 cm³/mol. The highest BCUT2D eigenvalue weighted by Gasteiger charge is 2.05. The van der Waals surface area contributed by atoms with Crippen LogP contribution in [0, 0.1) is 5.92 Å². The van der Waals surface area contributed by atoms with Crippen molar-refractivity contribution in [2.45, 2.75) is 27.2 Å². The number of benzene rings is 2. The van der Waals surface area contributed by atoms with E-state index in [-0.39, 0.29) is 12.0 Å². The number of nitrogens with zero attached hydrogens (tertiary/aromatic N) is 2. The summed E-state index contributed by atoms with van der Waals surface area (Å²) in [4.78, 5) is 12.2. The lowest BCUT2D eigenvalue weighted by Gasteiger charge is -2.10. The maximum absolute atomic E-state index is 12.2. The van der Waals surface area contributed by atoms with Gasteiger partial charge in [-0.1, -0.05) is 26.0 Å². The molecule has 0 aromatic heterocycles. The molecule has 8 nitrogen and oxygen atoms in total. The lowest BCUT2D eigenvalue weighted by atomic mass is 10.1. The monoisotopic (exact) mass is 396 g/mol. The van der Waals surface area contributed by atoms with Crippen LogP contribution in [0.25, 0.3) is 0 Å². The average Bonchev–Trinajstić information content (AvgIpc) is 2.67. The van der Waals surface area contributed by atoms with Crippen molar-refractivity contribution in [3.8, 4) is 5.75 Å². The number of anilines is 2. The summed E-state index contributed by atoms with van der Waals surface area (Å²) in [5.41, 5.74) is 13.3. The molecule has 0 unspecified atom stereocenters. The molecular weight excluding hydrogens is 368 g/mol. The Morgan fingerprint density at radius 3 is 2.03 bits per heavy atom. The van der Waals surface area contributed by atoms with E-state index in [1.54, 1.807) is 31.2 Å². The van der Waals surface area contributed by atoms with Gasteiger partial charge in [-0.25, -0.2) is 4.79 Å². The molecule has 0 aliphatic rings. The smallest absolute Gasteiger partial charge is 0.323 e. The van der Waals surface area contributed by atoms with Gasteiger partial charge >= 0.3 is 6.03 Å². The molecule has 0 fully saturated rings. The van der Waals surface area contributed by atoms with E-state index in [0.29, 0.717) is 29.6 Å². The number of urea groups is 1. The number of nitrogens with one attached hydrogen (secondary N) is 2. The van der Waals surface area contributed by atoms with Gasteiger partial charge in [0.1, 0.15) is 5.75 Å². The number of nitrogens with two attached hydrogens (primary N) is 2. The molecule has 2 aromatic carbocycles. The van der Waals surface area contributed by atoms with Crippen LogP contribution in [-0.2, 0) is 0 Å². The van der Waals surface area contributed by atoms with E-state index in [4.69, 9.17) is 16.2 Å². The number of carbonyl (C=O) groups is 1. The quantitative estimate of drug-likeness (QED) is 0.308. The standard InChI is InChI=1S/C21H28N6O2/c1-14(2)12-13-29-19-10-8-18(9-11-19)25-21(28)24-17-6-4-16(5-7-17)15(3)26-27-20(22)23/h4-11,14H,12-13H2,1-3H3,(H4,22,23,27)(H2,24,25,28)/b26-15+. The third-order valence-electron chi connectivity index (χ3n) is 3.95.